The highest BCUT2D eigenvalue weighted by atomic mass is 16.5. The Morgan fingerprint density at radius 1 is 1.03 bits per heavy atom. The number of allylic oxidation sites excluding steroid dienone is 2. The summed E-state index contributed by atoms with van der Waals surface area (Å²) in [4.78, 5) is 54.5. The molecule has 2 atom stereocenters. The molecule has 2 heterocycles. The number of ether oxygens (including phenoxy) is 1. The topological polar surface area (TPSA) is 99.3 Å². The molecule has 4 rings (SSSR count). The molecule has 1 aromatic rings. The molecule has 9 nitrogen and oxygen atoms in total. The summed E-state index contributed by atoms with van der Waals surface area (Å²) >= 11 is 0. The number of hydrogen-bond acceptors (Lipinski definition) is 6. The number of benzene rings is 1. The monoisotopic (exact) mass is 440 g/mol. The summed E-state index contributed by atoms with van der Waals surface area (Å²) in [7, 11) is 1.49. The number of rotatable bonds is 6. The molecule has 170 valence electrons. The molecule has 0 radical (unpaired) electrons. The maximum absolute atomic E-state index is 12.6. The standard InChI is InChI=1S/C23H28N4O5/c1-25(21(29)15-27-22(30)18-4-2-3-5-19(18)23(27)31)14-20(28)24-16-6-8-17(9-7-16)26-10-12-32-13-11-26/h2-3,6-9,18-19H,4-5,10-15H2,1H3,(H,24,28)/t18-,19-/m0/s1. The fraction of sp³-hybridized carbons (Fsp3) is 0.478. The van der Waals surface area contributed by atoms with Crippen LogP contribution >= 0.6 is 0 Å². The minimum absolute atomic E-state index is 0.172. The lowest BCUT2D eigenvalue weighted by Gasteiger charge is -2.29. The molecule has 0 unspecified atom stereocenters. The number of carbonyl (C=O) groups excluding carboxylic acids is 4. The summed E-state index contributed by atoms with van der Waals surface area (Å²) in [6.07, 6.45) is 4.87. The van der Waals surface area contributed by atoms with Crippen LogP contribution in [0.3, 0.4) is 0 Å². The fourth-order valence-electron chi connectivity index (χ4n) is 4.36. The Morgan fingerprint density at radius 2 is 1.62 bits per heavy atom. The molecule has 0 aromatic heterocycles. The third-order valence-corrected chi connectivity index (χ3v) is 6.23. The van der Waals surface area contributed by atoms with Gasteiger partial charge in [-0.1, -0.05) is 12.2 Å². The van der Waals surface area contributed by atoms with E-state index in [9.17, 15) is 19.2 Å². The largest absolute Gasteiger partial charge is 0.378 e. The van der Waals surface area contributed by atoms with Crippen LogP contribution in [0, 0.1) is 11.8 Å². The average molecular weight is 441 g/mol. The van der Waals surface area contributed by atoms with Gasteiger partial charge in [-0.15, -0.1) is 0 Å². The second kappa shape index (κ2) is 9.52. The van der Waals surface area contributed by atoms with Gasteiger partial charge in [0.1, 0.15) is 6.54 Å². The van der Waals surface area contributed by atoms with Crippen molar-refractivity contribution >= 4 is 35.0 Å². The summed E-state index contributed by atoms with van der Waals surface area (Å²) < 4.78 is 5.36. The maximum atomic E-state index is 12.6. The summed E-state index contributed by atoms with van der Waals surface area (Å²) in [6.45, 7) is 2.56. The van der Waals surface area contributed by atoms with E-state index >= 15 is 0 Å². The summed E-state index contributed by atoms with van der Waals surface area (Å²) in [5, 5.41) is 2.78. The van der Waals surface area contributed by atoms with Crippen molar-refractivity contribution in [3.63, 3.8) is 0 Å². The van der Waals surface area contributed by atoms with Gasteiger partial charge in [0, 0.05) is 31.5 Å². The molecule has 1 aromatic carbocycles. The fourth-order valence-corrected chi connectivity index (χ4v) is 4.36. The summed E-state index contributed by atoms with van der Waals surface area (Å²) in [6, 6.07) is 7.52. The first kappa shape index (κ1) is 22.0. The van der Waals surface area contributed by atoms with Crippen LogP contribution in [-0.2, 0) is 23.9 Å². The highest BCUT2D eigenvalue weighted by Gasteiger charge is 2.47. The van der Waals surface area contributed by atoms with Crippen LogP contribution in [0.5, 0.6) is 0 Å². The number of amides is 4. The molecule has 2 fully saturated rings. The Hall–Kier alpha value is -3.20. The number of carbonyl (C=O) groups is 4. The highest BCUT2D eigenvalue weighted by molar-refractivity contribution is 6.07. The molecule has 32 heavy (non-hydrogen) atoms. The zero-order valence-corrected chi connectivity index (χ0v) is 18.2. The van der Waals surface area contributed by atoms with Crippen molar-refractivity contribution in [2.24, 2.45) is 11.8 Å². The number of morpholine rings is 1. The maximum Gasteiger partial charge on any atom is 0.243 e. The van der Waals surface area contributed by atoms with Crippen molar-refractivity contribution in [1.82, 2.24) is 9.80 Å². The minimum Gasteiger partial charge on any atom is -0.378 e. The molecule has 2 aliphatic heterocycles. The van der Waals surface area contributed by atoms with Crippen LogP contribution < -0.4 is 10.2 Å². The quantitative estimate of drug-likeness (QED) is 0.521. The van der Waals surface area contributed by atoms with Crippen molar-refractivity contribution < 1.29 is 23.9 Å². The van der Waals surface area contributed by atoms with Gasteiger partial charge in [0.25, 0.3) is 0 Å². The van der Waals surface area contributed by atoms with Crippen LogP contribution in [0.2, 0.25) is 0 Å². The zero-order chi connectivity index (χ0) is 22.7. The number of likely N-dealkylation sites (tertiary alicyclic amines) is 1. The van der Waals surface area contributed by atoms with Crippen molar-refractivity contribution in [2.75, 3.05) is 56.7 Å². The van der Waals surface area contributed by atoms with Gasteiger partial charge >= 0.3 is 0 Å². The summed E-state index contributed by atoms with van der Waals surface area (Å²) in [5.74, 6) is -2.12. The third-order valence-electron chi connectivity index (χ3n) is 6.23. The van der Waals surface area contributed by atoms with Gasteiger partial charge in [-0.25, -0.2) is 0 Å². The van der Waals surface area contributed by atoms with Gasteiger partial charge < -0.3 is 19.9 Å². The van der Waals surface area contributed by atoms with E-state index < -0.39 is 5.91 Å². The number of nitrogens with one attached hydrogen (secondary N) is 1. The number of imide groups is 1. The van der Waals surface area contributed by atoms with Crippen molar-refractivity contribution in [2.45, 2.75) is 12.8 Å². The molecule has 2 saturated heterocycles. The predicted molar refractivity (Wildman–Crippen MR) is 118 cm³/mol. The number of fused-ring (bicyclic) bond motifs is 1. The number of hydrogen-bond donors (Lipinski definition) is 1. The first-order valence-electron chi connectivity index (χ1n) is 10.9. The lowest BCUT2D eigenvalue weighted by molar-refractivity contribution is -0.146. The van der Waals surface area contributed by atoms with Crippen LogP contribution in [0.1, 0.15) is 12.8 Å². The van der Waals surface area contributed by atoms with E-state index in [4.69, 9.17) is 4.74 Å². The Labute approximate surface area is 187 Å². The molecule has 0 bridgehead atoms. The molecule has 3 aliphatic rings. The molecule has 0 spiro atoms. The van der Waals surface area contributed by atoms with E-state index in [1.165, 1.54) is 11.9 Å². The second-order valence-electron chi connectivity index (χ2n) is 8.36. The number of likely N-dealkylation sites (N-methyl/N-ethyl adjacent to an activating group) is 1. The minimum atomic E-state index is -0.448. The van der Waals surface area contributed by atoms with E-state index in [1.807, 2.05) is 36.4 Å². The highest BCUT2D eigenvalue weighted by Crippen LogP contribution is 2.34. The smallest absolute Gasteiger partial charge is 0.243 e. The first-order valence-corrected chi connectivity index (χ1v) is 10.9. The van der Waals surface area contributed by atoms with Crippen LogP contribution in [0.25, 0.3) is 0 Å². The zero-order valence-electron chi connectivity index (χ0n) is 18.2. The van der Waals surface area contributed by atoms with Gasteiger partial charge in [0.2, 0.25) is 23.6 Å². The molecule has 1 aliphatic carbocycles. The van der Waals surface area contributed by atoms with E-state index in [1.54, 1.807) is 0 Å². The third kappa shape index (κ3) is 4.67. The SMILES string of the molecule is CN(CC(=O)Nc1ccc(N2CCOCC2)cc1)C(=O)CN1C(=O)[C@H]2CC=CC[C@@H]2C1=O. The van der Waals surface area contributed by atoms with Crippen molar-refractivity contribution in [3.8, 4) is 0 Å². The Kier molecular flexibility index (Phi) is 6.55. The van der Waals surface area contributed by atoms with Gasteiger partial charge in [0.05, 0.1) is 31.6 Å². The molecule has 4 amide bonds. The molecular formula is C23H28N4O5. The lowest BCUT2D eigenvalue weighted by atomic mass is 9.85. The molecule has 9 heteroatoms. The van der Waals surface area contributed by atoms with Crippen molar-refractivity contribution in [3.05, 3.63) is 36.4 Å². The summed E-state index contributed by atoms with van der Waals surface area (Å²) in [5.41, 5.74) is 1.70. The second-order valence-corrected chi connectivity index (χ2v) is 8.36. The molecule has 0 saturated carbocycles. The van der Waals surface area contributed by atoms with Gasteiger partial charge in [-0.3, -0.25) is 24.1 Å². The lowest BCUT2D eigenvalue weighted by Crippen LogP contribution is -2.44. The van der Waals surface area contributed by atoms with Gasteiger partial charge in [-0.05, 0) is 37.1 Å². The predicted octanol–water partition coefficient (Wildman–Crippen LogP) is 0.871. The Balaban J connectivity index is 1.27. The number of nitrogens with zero attached hydrogens (tertiary/aromatic N) is 3. The van der Waals surface area contributed by atoms with Crippen molar-refractivity contribution in [1.29, 1.82) is 0 Å². The van der Waals surface area contributed by atoms with E-state index in [0.29, 0.717) is 31.7 Å². The Bertz CT molecular complexity index is 897. The molecular weight excluding hydrogens is 412 g/mol. The number of anilines is 2. The normalized spacial score (nSPS) is 22.7. The van der Waals surface area contributed by atoms with Crippen LogP contribution in [0.15, 0.2) is 36.4 Å². The first-order chi connectivity index (χ1) is 15.4. The van der Waals surface area contributed by atoms with E-state index in [0.717, 1.165) is 23.7 Å². The van der Waals surface area contributed by atoms with E-state index in [-0.39, 0.29) is 42.6 Å². The van der Waals surface area contributed by atoms with Gasteiger partial charge in [0.15, 0.2) is 0 Å². The van der Waals surface area contributed by atoms with E-state index in [2.05, 4.69) is 10.2 Å². The van der Waals surface area contributed by atoms with Gasteiger partial charge in [-0.2, -0.15) is 0 Å². The van der Waals surface area contributed by atoms with Crippen LogP contribution in [-0.4, -0.2) is 79.9 Å². The van der Waals surface area contributed by atoms with Crippen LogP contribution in [0.4, 0.5) is 11.4 Å². The Morgan fingerprint density at radius 3 is 2.22 bits per heavy atom. The molecule has 1 N–H and O–H groups in total. The average Bonchev–Trinajstić information content (AvgIpc) is 3.05.